The van der Waals surface area contributed by atoms with E-state index in [9.17, 15) is 4.79 Å². The Morgan fingerprint density at radius 1 is 1.44 bits per heavy atom. The smallest absolute Gasteiger partial charge is 0.253 e. The summed E-state index contributed by atoms with van der Waals surface area (Å²) in [6.07, 6.45) is 0.451. The number of aliphatic hydroxyl groups is 1. The average Bonchev–Trinajstić information content (AvgIpc) is 2.39. The molecule has 0 fully saturated rings. The van der Waals surface area contributed by atoms with E-state index in [0.717, 1.165) is 11.1 Å². The molecule has 18 heavy (non-hydrogen) atoms. The SMILES string of the molecule is CCN(C)C(=O)c1cccc(C#CCCO)c1C. The van der Waals surface area contributed by atoms with Crippen LogP contribution in [0.2, 0.25) is 0 Å². The van der Waals surface area contributed by atoms with Crippen LogP contribution >= 0.6 is 0 Å². The first kappa shape index (κ1) is 14.3. The maximum atomic E-state index is 12.1. The molecular formula is C15H19NO2. The molecule has 3 nitrogen and oxygen atoms in total. The molecule has 0 aliphatic rings. The number of amides is 1. The third kappa shape index (κ3) is 3.35. The van der Waals surface area contributed by atoms with Crippen molar-refractivity contribution in [3.8, 4) is 11.8 Å². The molecule has 0 saturated heterocycles. The molecule has 0 atom stereocenters. The van der Waals surface area contributed by atoms with E-state index in [1.165, 1.54) is 0 Å². The van der Waals surface area contributed by atoms with Gasteiger partial charge in [-0.15, -0.1) is 0 Å². The van der Waals surface area contributed by atoms with Gasteiger partial charge in [-0.1, -0.05) is 17.9 Å². The molecule has 3 heteroatoms. The molecule has 0 bridgehead atoms. The summed E-state index contributed by atoms with van der Waals surface area (Å²) >= 11 is 0. The largest absolute Gasteiger partial charge is 0.395 e. The van der Waals surface area contributed by atoms with E-state index in [-0.39, 0.29) is 12.5 Å². The lowest BCUT2D eigenvalue weighted by molar-refractivity contribution is 0.0801. The zero-order chi connectivity index (χ0) is 13.5. The Hall–Kier alpha value is -1.79. The molecule has 1 rings (SSSR count). The molecule has 0 aromatic heterocycles. The van der Waals surface area contributed by atoms with E-state index >= 15 is 0 Å². The van der Waals surface area contributed by atoms with Gasteiger partial charge >= 0.3 is 0 Å². The quantitative estimate of drug-likeness (QED) is 0.825. The van der Waals surface area contributed by atoms with Gasteiger partial charge in [0.25, 0.3) is 5.91 Å². The number of hydrogen-bond donors (Lipinski definition) is 1. The van der Waals surface area contributed by atoms with Crippen molar-refractivity contribution in [1.82, 2.24) is 4.90 Å². The van der Waals surface area contributed by atoms with Gasteiger partial charge in [0.05, 0.1) is 6.61 Å². The lowest BCUT2D eigenvalue weighted by atomic mass is 10.0. The molecule has 0 saturated carbocycles. The number of benzene rings is 1. The molecule has 0 heterocycles. The van der Waals surface area contributed by atoms with E-state index < -0.39 is 0 Å². The highest BCUT2D eigenvalue weighted by Crippen LogP contribution is 2.14. The predicted molar refractivity (Wildman–Crippen MR) is 72.4 cm³/mol. The third-order valence-corrected chi connectivity index (χ3v) is 2.85. The van der Waals surface area contributed by atoms with Crippen LogP contribution in [0.25, 0.3) is 0 Å². The van der Waals surface area contributed by atoms with E-state index in [4.69, 9.17) is 5.11 Å². The van der Waals surface area contributed by atoms with Crippen molar-refractivity contribution < 1.29 is 9.90 Å². The lowest BCUT2D eigenvalue weighted by Gasteiger charge is -2.16. The van der Waals surface area contributed by atoms with Crippen molar-refractivity contribution in [2.24, 2.45) is 0 Å². The molecule has 1 aromatic rings. The Morgan fingerprint density at radius 3 is 2.78 bits per heavy atom. The monoisotopic (exact) mass is 245 g/mol. The van der Waals surface area contributed by atoms with Crippen LogP contribution in [-0.4, -0.2) is 36.1 Å². The van der Waals surface area contributed by atoms with Gasteiger partial charge in [0.2, 0.25) is 0 Å². The van der Waals surface area contributed by atoms with Gasteiger partial charge in [-0.2, -0.15) is 0 Å². The summed E-state index contributed by atoms with van der Waals surface area (Å²) in [6.45, 7) is 4.58. The van der Waals surface area contributed by atoms with Crippen molar-refractivity contribution in [2.45, 2.75) is 20.3 Å². The molecule has 0 aliphatic heterocycles. The second-order valence-electron chi connectivity index (χ2n) is 4.07. The number of carbonyl (C=O) groups excluding carboxylic acids is 1. The minimum atomic E-state index is 0.0146. The number of aliphatic hydroxyl groups excluding tert-OH is 1. The summed E-state index contributed by atoms with van der Waals surface area (Å²) in [6, 6.07) is 5.55. The molecule has 0 spiro atoms. The van der Waals surface area contributed by atoms with Gasteiger partial charge in [0.15, 0.2) is 0 Å². The van der Waals surface area contributed by atoms with E-state index in [1.54, 1.807) is 11.9 Å². The first-order valence-corrected chi connectivity index (χ1v) is 6.06. The summed E-state index contributed by atoms with van der Waals surface area (Å²) in [7, 11) is 1.78. The molecule has 96 valence electrons. The second kappa shape index (κ2) is 6.83. The molecule has 0 radical (unpaired) electrons. The zero-order valence-corrected chi connectivity index (χ0v) is 11.2. The number of nitrogens with zero attached hydrogens (tertiary/aromatic N) is 1. The topological polar surface area (TPSA) is 40.5 Å². The summed E-state index contributed by atoms with van der Waals surface area (Å²) in [5, 5.41) is 8.70. The van der Waals surface area contributed by atoms with E-state index in [1.807, 2.05) is 32.0 Å². The predicted octanol–water partition coefficient (Wildman–Crippen LogP) is 1.82. The zero-order valence-electron chi connectivity index (χ0n) is 11.2. The molecular weight excluding hydrogens is 226 g/mol. The van der Waals surface area contributed by atoms with Crippen LogP contribution in [0.1, 0.15) is 34.8 Å². The van der Waals surface area contributed by atoms with Crippen LogP contribution in [0.5, 0.6) is 0 Å². The fraction of sp³-hybridized carbons (Fsp3) is 0.400. The van der Waals surface area contributed by atoms with Gasteiger partial charge in [0.1, 0.15) is 0 Å². The summed E-state index contributed by atoms with van der Waals surface area (Å²) < 4.78 is 0. The van der Waals surface area contributed by atoms with Crippen LogP contribution < -0.4 is 0 Å². The third-order valence-electron chi connectivity index (χ3n) is 2.85. The van der Waals surface area contributed by atoms with Crippen molar-refractivity contribution >= 4 is 5.91 Å². The van der Waals surface area contributed by atoms with Crippen molar-refractivity contribution in [2.75, 3.05) is 20.2 Å². The van der Waals surface area contributed by atoms with Gasteiger partial charge in [0, 0.05) is 31.1 Å². The standard InChI is InChI=1S/C15H19NO2/c1-4-16(3)15(18)14-10-7-9-13(12(14)2)8-5-6-11-17/h7,9-10,17H,4,6,11H2,1-3H3. The number of hydrogen-bond acceptors (Lipinski definition) is 2. The minimum Gasteiger partial charge on any atom is -0.395 e. The van der Waals surface area contributed by atoms with Gasteiger partial charge < -0.3 is 10.0 Å². The molecule has 1 aromatic carbocycles. The Balaban J connectivity index is 3.07. The van der Waals surface area contributed by atoms with Crippen LogP contribution in [-0.2, 0) is 0 Å². The molecule has 0 aliphatic carbocycles. The van der Waals surface area contributed by atoms with E-state index in [2.05, 4.69) is 11.8 Å². The maximum Gasteiger partial charge on any atom is 0.253 e. The van der Waals surface area contributed by atoms with Crippen LogP contribution in [0, 0.1) is 18.8 Å². The normalized spacial score (nSPS) is 9.56. The maximum absolute atomic E-state index is 12.1. The fourth-order valence-electron chi connectivity index (χ4n) is 1.57. The number of carbonyl (C=O) groups is 1. The molecule has 0 unspecified atom stereocenters. The fourth-order valence-corrected chi connectivity index (χ4v) is 1.57. The summed E-state index contributed by atoms with van der Waals surface area (Å²) in [5.41, 5.74) is 2.43. The summed E-state index contributed by atoms with van der Waals surface area (Å²) in [4.78, 5) is 13.8. The minimum absolute atomic E-state index is 0.0146. The van der Waals surface area contributed by atoms with Crippen molar-refractivity contribution in [1.29, 1.82) is 0 Å². The Morgan fingerprint density at radius 2 is 2.17 bits per heavy atom. The molecule has 1 amide bonds. The van der Waals surface area contributed by atoms with Crippen molar-refractivity contribution in [3.05, 3.63) is 34.9 Å². The number of rotatable bonds is 3. The van der Waals surface area contributed by atoms with Crippen LogP contribution in [0.3, 0.4) is 0 Å². The van der Waals surface area contributed by atoms with Gasteiger partial charge in [-0.05, 0) is 31.5 Å². The van der Waals surface area contributed by atoms with E-state index in [0.29, 0.717) is 18.5 Å². The second-order valence-corrected chi connectivity index (χ2v) is 4.07. The highest BCUT2D eigenvalue weighted by Gasteiger charge is 2.13. The Labute approximate surface area is 108 Å². The first-order valence-electron chi connectivity index (χ1n) is 6.06. The average molecular weight is 245 g/mol. The first-order chi connectivity index (χ1) is 8.61. The van der Waals surface area contributed by atoms with Gasteiger partial charge in [-0.3, -0.25) is 4.79 Å². The lowest BCUT2D eigenvalue weighted by Crippen LogP contribution is -2.27. The molecule has 1 N–H and O–H groups in total. The van der Waals surface area contributed by atoms with Gasteiger partial charge in [-0.25, -0.2) is 0 Å². The Bertz CT molecular complexity index is 483. The van der Waals surface area contributed by atoms with Crippen LogP contribution in [0.4, 0.5) is 0 Å². The van der Waals surface area contributed by atoms with Crippen LogP contribution in [0.15, 0.2) is 18.2 Å². The highest BCUT2D eigenvalue weighted by atomic mass is 16.2. The highest BCUT2D eigenvalue weighted by molar-refractivity contribution is 5.96. The van der Waals surface area contributed by atoms with Crippen molar-refractivity contribution in [3.63, 3.8) is 0 Å². The summed E-state index contributed by atoms with van der Waals surface area (Å²) in [5.74, 6) is 5.88. The Kier molecular flexibility index (Phi) is 5.41.